The zero-order chi connectivity index (χ0) is 21.3. The third-order valence-electron chi connectivity index (χ3n) is 4.16. The van der Waals surface area contributed by atoms with Crippen molar-refractivity contribution in [3.63, 3.8) is 0 Å². The van der Waals surface area contributed by atoms with Crippen LogP contribution in [0.15, 0.2) is 58.4 Å². The van der Waals surface area contributed by atoms with Gasteiger partial charge < -0.3 is 4.74 Å². The number of rotatable bonds is 8. The molecule has 2 N–H and O–H groups in total. The first-order valence-corrected chi connectivity index (χ1v) is 9.37. The lowest BCUT2D eigenvalue weighted by Gasteiger charge is -2.08. The number of ether oxygens (including phenoxy) is 1. The molecule has 1 heterocycles. The number of H-pyrrole nitrogens is 1. The Kier molecular flexibility index (Phi) is 7.03. The van der Waals surface area contributed by atoms with E-state index in [0.29, 0.717) is 23.3 Å². The summed E-state index contributed by atoms with van der Waals surface area (Å²) in [7, 11) is 0. The Morgan fingerprint density at radius 3 is 2.83 bits per heavy atom. The quantitative estimate of drug-likeness (QED) is 0.337. The monoisotopic (exact) mass is 405 g/mol. The van der Waals surface area contributed by atoms with E-state index in [-0.39, 0.29) is 29.6 Å². The second kappa shape index (κ2) is 10.1. The number of nitrogens with one attached hydrogen (secondary N) is 2. The average molecular weight is 405 g/mol. The molecular weight excluding hydrogens is 385 g/mol. The highest BCUT2D eigenvalue weighted by Gasteiger charge is 2.13. The smallest absolute Gasteiger partial charge is 0.270 e. The number of nitriles is 1. The number of nitrogens with zero attached hydrogens (tertiary/aromatic N) is 3. The van der Waals surface area contributed by atoms with Crippen molar-refractivity contribution < 1.29 is 9.13 Å². The minimum atomic E-state index is -0.570. The van der Waals surface area contributed by atoms with Crippen LogP contribution in [0.4, 0.5) is 10.3 Å². The maximum atomic E-state index is 13.6. The topological polar surface area (TPSA) is 103 Å². The molecule has 7 nitrogen and oxygen atoms in total. The zero-order valence-electron chi connectivity index (χ0n) is 16.4. The van der Waals surface area contributed by atoms with Crippen molar-refractivity contribution in [3.8, 4) is 17.3 Å². The SMILES string of the molecule is CCCOCc1cc(F)ccc1C=NNc1nc(-c2ccccc2)c(C#N)c(=O)[nH]1. The number of aromatic amines is 1. The highest BCUT2D eigenvalue weighted by Crippen LogP contribution is 2.19. The summed E-state index contributed by atoms with van der Waals surface area (Å²) in [5, 5.41) is 13.4. The fourth-order valence-corrected chi connectivity index (χ4v) is 2.75. The Morgan fingerprint density at radius 1 is 1.30 bits per heavy atom. The van der Waals surface area contributed by atoms with Crippen LogP contribution in [-0.4, -0.2) is 22.8 Å². The minimum Gasteiger partial charge on any atom is -0.377 e. The Morgan fingerprint density at radius 2 is 2.10 bits per heavy atom. The van der Waals surface area contributed by atoms with Gasteiger partial charge in [0, 0.05) is 17.7 Å². The molecule has 30 heavy (non-hydrogen) atoms. The van der Waals surface area contributed by atoms with Gasteiger partial charge in [-0.25, -0.2) is 14.8 Å². The fraction of sp³-hybridized carbons (Fsp3) is 0.182. The predicted octanol–water partition coefficient (Wildman–Crippen LogP) is 3.82. The second-order valence-corrected chi connectivity index (χ2v) is 6.38. The van der Waals surface area contributed by atoms with E-state index in [4.69, 9.17) is 4.74 Å². The van der Waals surface area contributed by atoms with Gasteiger partial charge in [-0.2, -0.15) is 10.4 Å². The predicted molar refractivity (Wildman–Crippen MR) is 113 cm³/mol. The fourth-order valence-electron chi connectivity index (χ4n) is 2.75. The molecule has 0 radical (unpaired) electrons. The van der Waals surface area contributed by atoms with Crippen molar-refractivity contribution in [2.24, 2.45) is 5.10 Å². The molecule has 0 aliphatic heterocycles. The molecule has 0 aliphatic carbocycles. The largest absolute Gasteiger partial charge is 0.377 e. The van der Waals surface area contributed by atoms with Crippen LogP contribution in [0.2, 0.25) is 0 Å². The van der Waals surface area contributed by atoms with Gasteiger partial charge in [0.25, 0.3) is 5.56 Å². The van der Waals surface area contributed by atoms with Gasteiger partial charge in [-0.3, -0.25) is 9.78 Å². The Bertz CT molecular complexity index is 1140. The summed E-state index contributed by atoms with van der Waals surface area (Å²) in [6.45, 7) is 2.83. The summed E-state index contributed by atoms with van der Waals surface area (Å²) in [6, 6.07) is 15.1. The van der Waals surface area contributed by atoms with Crippen LogP contribution in [-0.2, 0) is 11.3 Å². The van der Waals surface area contributed by atoms with Gasteiger partial charge in [0.15, 0.2) is 0 Å². The zero-order valence-corrected chi connectivity index (χ0v) is 16.4. The van der Waals surface area contributed by atoms with Gasteiger partial charge in [0.2, 0.25) is 5.95 Å². The van der Waals surface area contributed by atoms with E-state index in [1.807, 2.05) is 19.1 Å². The summed E-state index contributed by atoms with van der Waals surface area (Å²) >= 11 is 0. The van der Waals surface area contributed by atoms with Crippen molar-refractivity contribution in [1.29, 1.82) is 5.26 Å². The standard InChI is InChI=1S/C22H20FN5O2/c1-2-10-30-14-17-11-18(23)9-8-16(17)13-25-28-22-26-20(15-6-4-3-5-7-15)19(12-24)21(29)27-22/h3-9,11,13H,2,10,14H2,1H3,(H2,26,27,28,29). The molecule has 0 fully saturated rings. The molecular formula is C22H20FN5O2. The average Bonchev–Trinajstić information content (AvgIpc) is 2.75. The molecule has 8 heteroatoms. The molecule has 152 valence electrons. The van der Waals surface area contributed by atoms with E-state index in [0.717, 1.165) is 6.42 Å². The molecule has 1 aromatic heterocycles. The number of hydrogen-bond donors (Lipinski definition) is 2. The maximum absolute atomic E-state index is 13.6. The number of halogens is 1. The number of hydrazone groups is 1. The first kappa shape index (κ1) is 20.9. The van der Waals surface area contributed by atoms with E-state index in [2.05, 4.69) is 20.5 Å². The number of hydrogen-bond acceptors (Lipinski definition) is 6. The van der Waals surface area contributed by atoms with Gasteiger partial charge in [-0.05, 0) is 24.1 Å². The number of anilines is 1. The van der Waals surface area contributed by atoms with Crippen molar-refractivity contribution in [3.05, 3.63) is 81.4 Å². The van der Waals surface area contributed by atoms with E-state index >= 15 is 0 Å². The molecule has 0 aliphatic rings. The van der Waals surface area contributed by atoms with Crippen molar-refractivity contribution in [2.75, 3.05) is 12.0 Å². The van der Waals surface area contributed by atoms with Gasteiger partial charge in [-0.15, -0.1) is 0 Å². The number of benzene rings is 2. The van der Waals surface area contributed by atoms with Crippen molar-refractivity contribution >= 4 is 12.2 Å². The number of aromatic nitrogens is 2. The van der Waals surface area contributed by atoms with Crippen LogP contribution in [0.1, 0.15) is 30.0 Å². The van der Waals surface area contributed by atoms with Gasteiger partial charge in [0.1, 0.15) is 17.4 Å². The normalized spacial score (nSPS) is 10.8. The van der Waals surface area contributed by atoms with E-state index < -0.39 is 5.56 Å². The molecule has 0 amide bonds. The van der Waals surface area contributed by atoms with Gasteiger partial charge in [0.05, 0.1) is 18.5 Å². The summed E-state index contributed by atoms with van der Waals surface area (Å²) < 4.78 is 19.1. The summed E-state index contributed by atoms with van der Waals surface area (Å²) in [4.78, 5) is 19.1. The van der Waals surface area contributed by atoms with Crippen LogP contribution >= 0.6 is 0 Å². The Balaban J connectivity index is 1.85. The van der Waals surface area contributed by atoms with Crippen LogP contribution in [0.3, 0.4) is 0 Å². The second-order valence-electron chi connectivity index (χ2n) is 6.38. The lowest BCUT2D eigenvalue weighted by molar-refractivity contribution is 0.121. The van der Waals surface area contributed by atoms with Crippen molar-refractivity contribution in [2.45, 2.75) is 20.0 Å². The van der Waals surface area contributed by atoms with Crippen LogP contribution in [0.25, 0.3) is 11.3 Å². The molecule has 0 spiro atoms. The van der Waals surface area contributed by atoms with Crippen molar-refractivity contribution in [1.82, 2.24) is 9.97 Å². The third-order valence-corrected chi connectivity index (χ3v) is 4.16. The maximum Gasteiger partial charge on any atom is 0.270 e. The molecule has 0 bridgehead atoms. The molecule has 0 saturated heterocycles. The minimum absolute atomic E-state index is 0.0791. The van der Waals surface area contributed by atoms with Gasteiger partial charge in [-0.1, -0.05) is 43.3 Å². The molecule has 0 unspecified atom stereocenters. The highest BCUT2D eigenvalue weighted by atomic mass is 19.1. The summed E-state index contributed by atoms with van der Waals surface area (Å²) in [5.41, 5.74) is 4.23. The Labute approximate surface area is 172 Å². The summed E-state index contributed by atoms with van der Waals surface area (Å²) in [6.07, 6.45) is 2.35. The van der Waals surface area contributed by atoms with Crippen LogP contribution in [0.5, 0.6) is 0 Å². The highest BCUT2D eigenvalue weighted by molar-refractivity contribution is 5.82. The molecule has 0 saturated carbocycles. The van der Waals surface area contributed by atoms with Gasteiger partial charge >= 0.3 is 0 Å². The summed E-state index contributed by atoms with van der Waals surface area (Å²) in [5.74, 6) is -0.277. The first-order valence-electron chi connectivity index (χ1n) is 9.37. The first-order chi connectivity index (χ1) is 14.6. The molecule has 0 atom stereocenters. The third kappa shape index (κ3) is 5.16. The molecule has 3 rings (SSSR count). The lowest BCUT2D eigenvalue weighted by Crippen LogP contribution is -2.16. The molecule has 3 aromatic rings. The lowest BCUT2D eigenvalue weighted by atomic mass is 10.1. The Hall–Kier alpha value is -3.83. The molecule has 2 aromatic carbocycles. The van der Waals surface area contributed by atoms with E-state index in [1.165, 1.54) is 18.3 Å². The van der Waals surface area contributed by atoms with E-state index in [9.17, 15) is 14.4 Å². The van der Waals surface area contributed by atoms with E-state index in [1.54, 1.807) is 30.3 Å². The van der Waals surface area contributed by atoms with Crippen LogP contribution in [0, 0.1) is 17.1 Å². The van der Waals surface area contributed by atoms with Crippen LogP contribution < -0.4 is 11.0 Å².